The molecule has 0 radical (unpaired) electrons. The molecule has 1 atom stereocenters. The monoisotopic (exact) mass is 287 g/mol. The van der Waals surface area contributed by atoms with Gasteiger partial charge in [0, 0.05) is 18.7 Å². The van der Waals surface area contributed by atoms with E-state index in [9.17, 15) is 5.11 Å². The second-order valence-corrected chi connectivity index (χ2v) is 5.81. The Balaban J connectivity index is 1.68. The van der Waals surface area contributed by atoms with Crippen LogP contribution in [0, 0.1) is 12.8 Å². The SMILES string of the molecule is Cc1cccc(-c2nc(CN3CCCC(CO)C3)no2)c1. The van der Waals surface area contributed by atoms with Gasteiger partial charge in [0.25, 0.3) is 5.89 Å². The molecule has 2 aromatic rings. The van der Waals surface area contributed by atoms with Crippen LogP contribution in [0.1, 0.15) is 24.2 Å². The zero-order chi connectivity index (χ0) is 14.7. The number of benzene rings is 1. The molecule has 5 nitrogen and oxygen atoms in total. The molecule has 0 aliphatic carbocycles. The predicted octanol–water partition coefficient (Wildman–Crippen LogP) is 2.25. The van der Waals surface area contributed by atoms with Crippen LogP contribution in [0.25, 0.3) is 11.5 Å². The maximum absolute atomic E-state index is 9.28. The Morgan fingerprint density at radius 3 is 3.14 bits per heavy atom. The van der Waals surface area contributed by atoms with Gasteiger partial charge in [-0.2, -0.15) is 4.98 Å². The van der Waals surface area contributed by atoms with E-state index >= 15 is 0 Å². The molecule has 1 aromatic heterocycles. The second-order valence-electron chi connectivity index (χ2n) is 5.81. The Bertz CT molecular complexity index is 597. The highest BCUT2D eigenvalue weighted by molar-refractivity contribution is 5.53. The molecule has 2 heterocycles. The standard InChI is InChI=1S/C16H21N3O2/c1-12-4-2-6-14(8-12)16-17-15(18-21-16)10-19-7-3-5-13(9-19)11-20/h2,4,6,8,13,20H,3,5,7,9-11H2,1H3. The molecule has 21 heavy (non-hydrogen) atoms. The summed E-state index contributed by atoms with van der Waals surface area (Å²) in [6.45, 7) is 4.93. The number of aliphatic hydroxyl groups excluding tert-OH is 1. The molecule has 0 amide bonds. The Morgan fingerprint density at radius 1 is 1.43 bits per heavy atom. The summed E-state index contributed by atoms with van der Waals surface area (Å²) in [7, 11) is 0. The minimum Gasteiger partial charge on any atom is -0.396 e. The van der Waals surface area contributed by atoms with E-state index in [1.54, 1.807) is 0 Å². The number of aliphatic hydroxyl groups is 1. The van der Waals surface area contributed by atoms with Crippen molar-refractivity contribution in [1.82, 2.24) is 15.0 Å². The van der Waals surface area contributed by atoms with E-state index in [1.807, 2.05) is 31.2 Å². The van der Waals surface area contributed by atoms with Gasteiger partial charge < -0.3 is 9.63 Å². The van der Waals surface area contributed by atoms with Gasteiger partial charge in [0.15, 0.2) is 5.82 Å². The molecular formula is C16H21N3O2. The van der Waals surface area contributed by atoms with Crippen molar-refractivity contribution in [3.8, 4) is 11.5 Å². The van der Waals surface area contributed by atoms with Gasteiger partial charge in [0.1, 0.15) is 0 Å². The smallest absolute Gasteiger partial charge is 0.257 e. The van der Waals surface area contributed by atoms with Crippen molar-refractivity contribution >= 4 is 0 Å². The van der Waals surface area contributed by atoms with Gasteiger partial charge in [0.05, 0.1) is 6.54 Å². The van der Waals surface area contributed by atoms with Gasteiger partial charge in [-0.1, -0.05) is 22.9 Å². The summed E-state index contributed by atoms with van der Waals surface area (Å²) in [5.41, 5.74) is 2.13. The van der Waals surface area contributed by atoms with Crippen molar-refractivity contribution in [2.45, 2.75) is 26.3 Å². The first-order valence-corrected chi connectivity index (χ1v) is 7.47. The van der Waals surface area contributed by atoms with Crippen LogP contribution in [0.15, 0.2) is 28.8 Å². The summed E-state index contributed by atoms with van der Waals surface area (Å²) < 4.78 is 5.36. The fourth-order valence-corrected chi connectivity index (χ4v) is 2.86. The van der Waals surface area contributed by atoms with E-state index in [2.05, 4.69) is 15.0 Å². The van der Waals surface area contributed by atoms with Gasteiger partial charge >= 0.3 is 0 Å². The molecule has 1 unspecified atom stereocenters. The fraction of sp³-hybridized carbons (Fsp3) is 0.500. The van der Waals surface area contributed by atoms with E-state index in [-0.39, 0.29) is 6.61 Å². The lowest BCUT2D eigenvalue weighted by Crippen LogP contribution is -2.36. The summed E-state index contributed by atoms with van der Waals surface area (Å²) in [6.07, 6.45) is 2.22. The van der Waals surface area contributed by atoms with Crippen molar-refractivity contribution in [3.63, 3.8) is 0 Å². The quantitative estimate of drug-likeness (QED) is 0.934. The lowest BCUT2D eigenvalue weighted by Gasteiger charge is -2.30. The Morgan fingerprint density at radius 2 is 2.33 bits per heavy atom. The summed E-state index contributed by atoms with van der Waals surface area (Å²) in [4.78, 5) is 6.77. The van der Waals surface area contributed by atoms with Gasteiger partial charge in [-0.25, -0.2) is 0 Å². The molecule has 112 valence electrons. The molecule has 1 N–H and O–H groups in total. The molecule has 1 aromatic carbocycles. The van der Waals surface area contributed by atoms with Gasteiger partial charge in [-0.15, -0.1) is 0 Å². The second kappa shape index (κ2) is 6.37. The number of aryl methyl sites for hydroxylation is 1. The minimum absolute atomic E-state index is 0.261. The van der Waals surface area contributed by atoms with E-state index in [0.717, 1.165) is 31.5 Å². The van der Waals surface area contributed by atoms with Crippen LogP contribution in [0.5, 0.6) is 0 Å². The average Bonchev–Trinajstić information content (AvgIpc) is 2.96. The number of hydrogen-bond acceptors (Lipinski definition) is 5. The molecule has 0 spiro atoms. The molecular weight excluding hydrogens is 266 g/mol. The number of nitrogens with zero attached hydrogens (tertiary/aromatic N) is 3. The Kier molecular flexibility index (Phi) is 4.31. The lowest BCUT2D eigenvalue weighted by molar-refractivity contribution is 0.113. The Hall–Kier alpha value is -1.72. The van der Waals surface area contributed by atoms with E-state index < -0.39 is 0 Å². The molecule has 5 heteroatoms. The maximum Gasteiger partial charge on any atom is 0.257 e. The third-order valence-electron chi connectivity index (χ3n) is 3.96. The van der Waals surface area contributed by atoms with Crippen LogP contribution >= 0.6 is 0 Å². The molecule has 1 aliphatic rings. The van der Waals surface area contributed by atoms with Crippen LogP contribution in [-0.4, -0.2) is 39.8 Å². The maximum atomic E-state index is 9.28. The molecule has 1 aliphatic heterocycles. The van der Waals surface area contributed by atoms with Crippen molar-refractivity contribution in [3.05, 3.63) is 35.7 Å². The summed E-state index contributed by atoms with van der Waals surface area (Å²) in [5.74, 6) is 1.66. The predicted molar refractivity (Wildman–Crippen MR) is 79.6 cm³/mol. The van der Waals surface area contributed by atoms with Crippen LogP contribution in [0.2, 0.25) is 0 Å². The van der Waals surface area contributed by atoms with Crippen LogP contribution in [0.3, 0.4) is 0 Å². The fourth-order valence-electron chi connectivity index (χ4n) is 2.86. The zero-order valence-electron chi connectivity index (χ0n) is 12.3. The largest absolute Gasteiger partial charge is 0.396 e. The number of likely N-dealkylation sites (tertiary alicyclic amines) is 1. The van der Waals surface area contributed by atoms with E-state index in [1.165, 1.54) is 5.56 Å². The first kappa shape index (κ1) is 14.2. The van der Waals surface area contributed by atoms with Crippen LogP contribution in [0.4, 0.5) is 0 Å². The average molecular weight is 287 g/mol. The number of piperidine rings is 1. The van der Waals surface area contributed by atoms with Gasteiger partial charge in [-0.05, 0) is 44.4 Å². The summed E-state index contributed by atoms with van der Waals surface area (Å²) >= 11 is 0. The molecule has 1 fully saturated rings. The van der Waals surface area contributed by atoms with E-state index in [0.29, 0.717) is 24.2 Å². The number of hydrogen-bond donors (Lipinski definition) is 1. The topological polar surface area (TPSA) is 62.4 Å². The normalized spacial score (nSPS) is 19.8. The summed E-state index contributed by atoms with van der Waals surface area (Å²) in [5, 5.41) is 13.4. The molecule has 3 rings (SSSR count). The minimum atomic E-state index is 0.261. The number of rotatable bonds is 4. The highest BCUT2D eigenvalue weighted by atomic mass is 16.5. The molecule has 0 bridgehead atoms. The first-order chi connectivity index (χ1) is 10.2. The summed E-state index contributed by atoms with van der Waals surface area (Å²) in [6, 6.07) is 8.06. The first-order valence-electron chi connectivity index (χ1n) is 7.47. The highest BCUT2D eigenvalue weighted by Gasteiger charge is 2.21. The van der Waals surface area contributed by atoms with Crippen LogP contribution < -0.4 is 0 Å². The zero-order valence-corrected chi connectivity index (χ0v) is 12.3. The third-order valence-corrected chi connectivity index (χ3v) is 3.96. The van der Waals surface area contributed by atoms with E-state index in [4.69, 9.17) is 4.52 Å². The van der Waals surface area contributed by atoms with Crippen molar-refractivity contribution < 1.29 is 9.63 Å². The molecule has 0 saturated carbocycles. The van der Waals surface area contributed by atoms with Gasteiger partial charge in [-0.3, -0.25) is 4.90 Å². The highest BCUT2D eigenvalue weighted by Crippen LogP contribution is 2.20. The lowest BCUT2D eigenvalue weighted by atomic mass is 9.99. The van der Waals surface area contributed by atoms with Crippen LogP contribution in [-0.2, 0) is 6.54 Å². The third kappa shape index (κ3) is 3.49. The Labute approximate surface area is 124 Å². The van der Waals surface area contributed by atoms with Crippen molar-refractivity contribution in [2.75, 3.05) is 19.7 Å². The number of aromatic nitrogens is 2. The van der Waals surface area contributed by atoms with Crippen molar-refractivity contribution in [1.29, 1.82) is 0 Å². The van der Waals surface area contributed by atoms with Gasteiger partial charge in [0.2, 0.25) is 0 Å². The van der Waals surface area contributed by atoms with Crippen molar-refractivity contribution in [2.24, 2.45) is 5.92 Å². The molecule has 1 saturated heterocycles.